The molecular weight excluding hydrogens is 406 g/mol. The Balaban J connectivity index is 1.61. The van der Waals surface area contributed by atoms with Gasteiger partial charge in [-0.15, -0.1) is 0 Å². The predicted octanol–water partition coefficient (Wildman–Crippen LogP) is 3.10. The normalized spacial score (nSPS) is 10.3. The Morgan fingerprint density at radius 3 is 2.60 bits per heavy atom. The van der Waals surface area contributed by atoms with E-state index >= 15 is 0 Å². The first kappa shape index (κ1) is 21.3. The highest BCUT2D eigenvalue weighted by Crippen LogP contribution is 2.29. The van der Waals surface area contributed by atoms with Gasteiger partial charge in [0.25, 0.3) is 5.56 Å². The smallest absolute Gasteiger partial charge is 0.251 e. The Kier molecular flexibility index (Phi) is 7.34. The molecule has 2 aromatic carbocycles. The minimum absolute atomic E-state index is 0.0479. The molecule has 0 radical (unpaired) electrons. The number of rotatable bonds is 9. The van der Waals surface area contributed by atoms with Crippen molar-refractivity contribution in [1.29, 1.82) is 0 Å². The number of ether oxygens (including phenoxy) is 3. The molecule has 0 bridgehead atoms. The summed E-state index contributed by atoms with van der Waals surface area (Å²) in [5.41, 5.74) is 0.655. The van der Waals surface area contributed by atoms with Crippen LogP contribution in [0, 0.1) is 0 Å². The third-order valence-electron chi connectivity index (χ3n) is 3.92. The summed E-state index contributed by atoms with van der Waals surface area (Å²) in [5.74, 6) is 1.56. The Labute approximate surface area is 177 Å². The molecule has 2 N–H and O–H groups in total. The number of carbonyl (C=O) groups is 1. The highest BCUT2D eigenvalue weighted by atomic mass is 32.2. The number of benzene rings is 2. The van der Waals surface area contributed by atoms with Crippen molar-refractivity contribution in [2.24, 2.45) is 0 Å². The average Bonchev–Trinajstić information content (AvgIpc) is 2.76. The van der Waals surface area contributed by atoms with Crippen LogP contribution in [-0.4, -0.2) is 35.8 Å². The first-order chi connectivity index (χ1) is 14.6. The van der Waals surface area contributed by atoms with Crippen LogP contribution in [0.4, 0.5) is 5.69 Å². The van der Waals surface area contributed by atoms with Gasteiger partial charge in [-0.25, -0.2) is 4.98 Å². The molecule has 0 aliphatic heterocycles. The van der Waals surface area contributed by atoms with Gasteiger partial charge >= 0.3 is 0 Å². The van der Waals surface area contributed by atoms with Crippen molar-refractivity contribution in [2.75, 3.05) is 25.3 Å². The summed E-state index contributed by atoms with van der Waals surface area (Å²) in [4.78, 5) is 31.2. The second-order valence-corrected chi connectivity index (χ2v) is 7.01. The maximum atomic E-state index is 12.4. The first-order valence-electron chi connectivity index (χ1n) is 9.00. The number of amides is 1. The molecule has 30 heavy (non-hydrogen) atoms. The lowest BCUT2D eigenvalue weighted by molar-refractivity contribution is -0.113. The van der Waals surface area contributed by atoms with Crippen LogP contribution >= 0.6 is 11.8 Å². The second kappa shape index (κ2) is 10.4. The summed E-state index contributed by atoms with van der Waals surface area (Å²) in [5, 5.41) is 3.11. The van der Waals surface area contributed by atoms with E-state index in [1.54, 1.807) is 25.3 Å². The van der Waals surface area contributed by atoms with E-state index in [0.717, 1.165) is 11.8 Å². The van der Waals surface area contributed by atoms with Crippen LogP contribution in [0.25, 0.3) is 0 Å². The van der Waals surface area contributed by atoms with Gasteiger partial charge in [0, 0.05) is 12.1 Å². The number of nitrogens with zero attached hydrogens (tertiary/aromatic N) is 1. The summed E-state index contributed by atoms with van der Waals surface area (Å²) in [6.07, 6.45) is 0. The van der Waals surface area contributed by atoms with Crippen LogP contribution in [0.2, 0.25) is 0 Å². The lowest BCUT2D eigenvalue weighted by Crippen LogP contribution is -2.16. The molecule has 0 atom stereocenters. The van der Waals surface area contributed by atoms with Gasteiger partial charge in [-0.1, -0.05) is 30.0 Å². The molecule has 0 saturated carbocycles. The third-order valence-corrected chi connectivity index (χ3v) is 4.80. The summed E-state index contributed by atoms with van der Waals surface area (Å²) in [6.45, 7) is 0.148. The summed E-state index contributed by atoms with van der Waals surface area (Å²) in [7, 11) is 3.06. The fourth-order valence-corrected chi connectivity index (χ4v) is 3.23. The molecule has 0 unspecified atom stereocenters. The van der Waals surface area contributed by atoms with Crippen molar-refractivity contribution in [3.05, 3.63) is 70.6 Å². The quantitative estimate of drug-likeness (QED) is 0.400. The Morgan fingerprint density at radius 2 is 1.87 bits per heavy atom. The summed E-state index contributed by atoms with van der Waals surface area (Å²) in [6, 6.07) is 15.7. The Bertz CT molecular complexity index is 1060. The number of hydrogen-bond donors (Lipinski definition) is 2. The van der Waals surface area contributed by atoms with E-state index in [9.17, 15) is 9.59 Å². The maximum absolute atomic E-state index is 12.4. The lowest BCUT2D eigenvalue weighted by Gasteiger charge is -2.11. The molecule has 8 nitrogen and oxygen atoms in total. The van der Waals surface area contributed by atoms with Gasteiger partial charge in [-0.3, -0.25) is 9.59 Å². The standard InChI is InChI=1S/C21H21N3O5S/c1-27-16-8-9-18(28-2)17(11-16)23-20(26)13-30-21-22-14(10-19(25)24-21)12-29-15-6-4-3-5-7-15/h3-11H,12-13H2,1-2H3,(H,23,26)(H,22,24,25). The highest BCUT2D eigenvalue weighted by Gasteiger charge is 2.11. The van der Waals surface area contributed by atoms with Crippen molar-refractivity contribution in [2.45, 2.75) is 11.8 Å². The van der Waals surface area contributed by atoms with E-state index < -0.39 is 0 Å². The summed E-state index contributed by atoms with van der Waals surface area (Å²) < 4.78 is 16.0. The Morgan fingerprint density at radius 1 is 1.07 bits per heavy atom. The number of nitrogens with one attached hydrogen (secondary N) is 2. The zero-order valence-corrected chi connectivity index (χ0v) is 17.3. The van der Waals surface area contributed by atoms with Gasteiger partial charge in [0.2, 0.25) is 5.91 Å². The van der Waals surface area contributed by atoms with E-state index in [4.69, 9.17) is 14.2 Å². The van der Waals surface area contributed by atoms with E-state index in [-0.39, 0.29) is 23.8 Å². The topological polar surface area (TPSA) is 103 Å². The molecule has 1 aromatic heterocycles. The van der Waals surface area contributed by atoms with Crippen molar-refractivity contribution >= 4 is 23.4 Å². The van der Waals surface area contributed by atoms with Crippen molar-refractivity contribution in [3.63, 3.8) is 0 Å². The zero-order valence-electron chi connectivity index (χ0n) is 16.5. The number of methoxy groups -OCH3 is 2. The van der Waals surface area contributed by atoms with Gasteiger partial charge in [0.1, 0.15) is 23.9 Å². The monoisotopic (exact) mass is 427 g/mol. The van der Waals surface area contributed by atoms with E-state index in [2.05, 4.69) is 15.3 Å². The van der Waals surface area contributed by atoms with E-state index in [1.807, 2.05) is 30.3 Å². The number of anilines is 1. The fraction of sp³-hybridized carbons (Fsp3) is 0.190. The number of aromatic amines is 1. The number of aromatic nitrogens is 2. The van der Waals surface area contributed by atoms with Gasteiger partial charge in [-0.2, -0.15) is 0 Å². The van der Waals surface area contributed by atoms with Crippen LogP contribution in [0.1, 0.15) is 5.69 Å². The minimum Gasteiger partial charge on any atom is -0.497 e. The van der Waals surface area contributed by atoms with Crippen molar-refractivity contribution in [1.82, 2.24) is 9.97 Å². The number of carbonyl (C=O) groups excluding carboxylic acids is 1. The molecule has 3 aromatic rings. The van der Waals surface area contributed by atoms with Gasteiger partial charge in [0.15, 0.2) is 5.16 Å². The fourth-order valence-electron chi connectivity index (χ4n) is 2.53. The van der Waals surface area contributed by atoms with E-state index in [0.29, 0.717) is 33.8 Å². The molecule has 0 fully saturated rings. The molecule has 156 valence electrons. The first-order valence-corrected chi connectivity index (χ1v) is 9.98. The maximum Gasteiger partial charge on any atom is 0.251 e. The number of hydrogen-bond acceptors (Lipinski definition) is 7. The summed E-state index contributed by atoms with van der Waals surface area (Å²) >= 11 is 1.11. The second-order valence-electron chi connectivity index (χ2n) is 6.05. The number of H-pyrrole nitrogens is 1. The third kappa shape index (κ3) is 6.02. The van der Waals surface area contributed by atoms with Gasteiger partial charge in [-0.05, 0) is 24.3 Å². The molecule has 9 heteroatoms. The van der Waals surface area contributed by atoms with Crippen molar-refractivity contribution < 1.29 is 19.0 Å². The average molecular weight is 427 g/mol. The molecule has 0 saturated heterocycles. The van der Waals surface area contributed by atoms with Crippen LogP contribution in [0.15, 0.2) is 64.5 Å². The van der Waals surface area contributed by atoms with Crippen LogP contribution in [-0.2, 0) is 11.4 Å². The van der Waals surface area contributed by atoms with Crippen LogP contribution < -0.4 is 25.1 Å². The van der Waals surface area contributed by atoms with Crippen LogP contribution in [0.5, 0.6) is 17.2 Å². The largest absolute Gasteiger partial charge is 0.497 e. The number of thioether (sulfide) groups is 1. The lowest BCUT2D eigenvalue weighted by atomic mass is 10.2. The molecule has 0 spiro atoms. The zero-order chi connectivity index (χ0) is 21.3. The van der Waals surface area contributed by atoms with Gasteiger partial charge in [0.05, 0.1) is 31.4 Å². The Hall–Kier alpha value is -3.46. The van der Waals surface area contributed by atoms with E-state index in [1.165, 1.54) is 13.2 Å². The molecule has 3 rings (SSSR count). The van der Waals surface area contributed by atoms with Gasteiger partial charge < -0.3 is 24.5 Å². The molecule has 0 aliphatic rings. The molecule has 1 heterocycles. The molecular formula is C21H21N3O5S. The van der Waals surface area contributed by atoms with Crippen LogP contribution in [0.3, 0.4) is 0 Å². The molecule has 0 aliphatic carbocycles. The number of para-hydroxylation sites is 1. The SMILES string of the molecule is COc1ccc(OC)c(NC(=O)CSc2nc(COc3ccccc3)cc(=O)[nH]2)c1. The minimum atomic E-state index is -0.311. The highest BCUT2D eigenvalue weighted by molar-refractivity contribution is 7.99. The predicted molar refractivity (Wildman–Crippen MR) is 115 cm³/mol. The van der Waals surface area contributed by atoms with Crippen molar-refractivity contribution in [3.8, 4) is 17.2 Å². The molecule has 1 amide bonds.